The van der Waals surface area contributed by atoms with E-state index in [1.54, 1.807) is 11.3 Å². The molecule has 0 radical (unpaired) electrons. The van der Waals surface area contributed by atoms with Gasteiger partial charge >= 0.3 is 0 Å². The lowest BCUT2D eigenvalue weighted by molar-refractivity contribution is 0.224. The van der Waals surface area contributed by atoms with Gasteiger partial charge in [0.2, 0.25) is 0 Å². The first-order chi connectivity index (χ1) is 7.97. The van der Waals surface area contributed by atoms with Crippen LogP contribution in [0.2, 0.25) is 0 Å². The minimum atomic E-state index is -0.584. The van der Waals surface area contributed by atoms with Crippen LogP contribution in [0.1, 0.15) is 21.4 Å². The van der Waals surface area contributed by atoms with Gasteiger partial charge in [-0.3, -0.25) is 0 Å². The fourth-order valence-corrected chi connectivity index (χ4v) is 4.42. The molecule has 1 atom stereocenters. The van der Waals surface area contributed by atoms with Crippen molar-refractivity contribution in [3.05, 3.63) is 53.0 Å². The average Bonchev–Trinajstić information content (AvgIpc) is 2.57. The molecule has 0 amide bonds. The zero-order valence-corrected chi connectivity index (χ0v) is 14.5. The van der Waals surface area contributed by atoms with Gasteiger partial charge in [0, 0.05) is 23.2 Å². The molecule has 0 saturated carbocycles. The van der Waals surface area contributed by atoms with Crippen molar-refractivity contribution in [1.29, 1.82) is 0 Å². The van der Waals surface area contributed by atoms with E-state index in [4.69, 9.17) is 0 Å². The summed E-state index contributed by atoms with van der Waals surface area (Å²) in [5.41, 5.74) is 0.875. The normalized spacial score (nSPS) is 12.8. The highest BCUT2D eigenvalue weighted by Gasteiger charge is 2.15. The number of aryl methyl sites for hydroxylation is 1. The minimum Gasteiger partial charge on any atom is -0.383 e. The van der Waals surface area contributed by atoms with Crippen LogP contribution >= 0.6 is 59.1 Å². The molecule has 0 bridgehead atoms. The summed E-state index contributed by atoms with van der Waals surface area (Å²) < 4.78 is 2.95. The molecule has 0 aliphatic carbocycles. The van der Waals surface area contributed by atoms with E-state index in [0.29, 0.717) is 0 Å². The second kappa shape index (κ2) is 5.53. The second-order valence-electron chi connectivity index (χ2n) is 3.66. The topological polar surface area (TPSA) is 20.2 Å². The molecule has 0 spiro atoms. The van der Waals surface area contributed by atoms with E-state index in [-0.39, 0.29) is 0 Å². The lowest BCUT2D eigenvalue weighted by Gasteiger charge is -2.10. The van der Waals surface area contributed by atoms with Crippen molar-refractivity contribution < 1.29 is 5.11 Å². The fraction of sp³-hybridized carbons (Fsp3) is 0.167. The van der Waals surface area contributed by atoms with Crippen LogP contribution in [0.5, 0.6) is 0 Å². The Balaban J connectivity index is 2.39. The summed E-state index contributed by atoms with van der Waals surface area (Å²) >= 11 is 11.9. The van der Waals surface area contributed by atoms with Crippen LogP contribution in [-0.4, -0.2) is 5.11 Å². The van der Waals surface area contributed by atoms with Gasteiger partial charge in [-0.15, -0.1) is 11.3 Å². The van der Waals surface area contributed by atoms with Crippen molar-refractivity contribution in [1.82, 2.24) is 0 Å². The number of hydrogen-bond donors (Lipinski definition) is 1. The van der Waals surface area contributed by atoms with Crippen molar-refractivity contribution >= 4 is 59.1 Å². The summed E-state index contributed by atoms with van der Waals surface area (Å²) in [5.74, 6) is 0. The Bertz CT molecular complexity index is 511. The molecular weight excluding hydrogens is 432 g/mol. The van der Waals surface area contributed by atoms with Crippen LogP contribution in [0, 0.1) is 6.92 Å². The smallest absolute Gasteiger partial charge is 0.113 e. The summed E-state index contributed by atoms with van der Waals surface area (Å²) in [6.07, 6.45) is -0.584. The van der Waals surface area contributed by atoms with Gasteiger partial charge < -0.3 is 5.11 Å². The molecule has 1 aromatic heterocycles. The molecule has 0 saturated heterocycles. The number of benzene rings is 1. The molecule has 2 rings (SSSR count). The minimum absolute atomic E-state index is 0.584. The van der Waals surface area contributed by atoms with E-state index in [0.717, 1.165) is 23.9 Å². The molecule has 90 valence electrons. The zero-order valence-electron chi connectivity index (χ0n) is 8.88. The summed E-state index contributed by atoms with van der Waals surface area (Å²) in [6, 6.07) is 7.78. The average molecular weight is 441 g/mol. The molecule has 2 aromatic rings. The summed E-state index contributed by atoms with van der Waals surface area (Å²) in [7, 11) is 0. The van der Waals surface area contributed by atoms with Crippen molar-refractivity contribution in [3.8, 4) is 0 Å². The molecular formula is C12H9Br3OS. The van der Waals surface area contributed by atoms with Gasteiger partial charge in [-0.05, 0) is 52.7 Å². The Hall–Kier alpha value is 0.320. The molecule has 0 aliphatic rings. The Morgan fingerprint density at radius 2 is 1.65 bits per heavy atom. The van der Waals surface area contributed by atoms with E-state index < -0.39 is 6.10 Å². The molecule has 1 nitrogen and oxygen atoms in total. The molecule has 1 aromatic carbocycles. The first kappa shape index (κ1) is 13.7. The number of aliphatic hydroxyl groups is 1. The van der Waals surface area contributed by atoms with E-state index in [9.17, 15) is 5.11 Å². The van der Waals surface area contributed by atoms with E-state index in [2.05, 4.69) is 47.8 Å². The van der Waals surface area contributed by atoms with Crippen LogP contribution < -0.4 is 0 Å². The maximum absolute atomic E-state index is 10.3. The second-order valence-corrected chi connectivity index (χ2v) is 7.63. The van der Waals surface area contributed by atoms with Crippen LogP contribution in [-0.2, 0) is 0 Å². The van der Waals surface area contributed by atoms with E-state index in [1.807, 2.05) is 31.2 Å². The largest absolute Gasteiger partial charge is 0.383 e. The third-order valence-corrected chi connectivity index (χ3v) is 5.45. The predicted octanol–water partition coefficient (Wildman–Crippen LogP) is 5.43. The summed E-state index contributed by atoms with van der Waals surface area (Å²) in [5, 5.41) is 10.3. The van der Waals surface area contributed by atoms with Gasteiger partial charge in [-0.1, -0.05) is 31.9 Å². The molecule has 0 fully saturated rings. The van der Waals surface area contributed by atoms with Gasteiger partial charge in [0.25, 0.3) is 0 Å². The maximum atomic E-state index is 10.3. The van der Waals surface area contributed by atoms with Crippen LogP contribution in [0.15, 0.2) is 37.7 Å². The lowest BCUT2D eigenvalue weighted by atomic mass is 10.1. The Morgan fingerprint density at radius 1 is 1.06 bits per heavy atom. The standard InChI is InChI=1S/C12H9Br3OS/c1-6-10(15)5-11(17-6)12(16)7-2-8(13)4-9(14)3-7/h2-5,12,16H,1H3. The van der Waals surface area contributed by atoms with Crippen molar-refractivity contribution in [2.75, 3.05) is 0 Å². The summed E-state index contributed by atoms with van der Waals surface area (Å²) in [6.45, 7) is 2.03. The number of aliphatic hydroxyl groups excluding tert-OH is 1. The highest BCUT2D eigenvalue weighted by Crippen LogP contribution is 2.35. The molecule has 17 heavy (non-hydrogen) atoms. The van der Waals surface area contributed by atoms with Gasteiger partial charge in [-0.2, -0.15) is 0 Å². The van der Waals surface area contributed by atoms with Crippen LogP contribution in [0.4, 0.5) is 0 Å². The molecule has 1 heterocycles. The monoisotopic (exact) mass is 438 g/mol. The number of thiophene rings is 1. The van der Waals surface area contributed by atoms with Crippen LogP contribution in [0.3, 0.4) is 0 Å². The number of hydrogen-bond acceptors (Lipinski definition) is 2. The lowest BCUT2D eigenvalue weighted by Crippen LogP contribution is -1.96. The van der Waals surface area contributed by atoms with Gasteiger partial charge in [-0.25, -0.2) is 0 Å². The highest BCUT2D eigenvalue weighted by molar-refractivity contribution is 9.11. The molecule has 5 heteroatoms. The number of rotatable bonds is 2. The van der Waals surface area contributed by atoms with Crippen LogP contribution in [0.25, 0.3) is 0 Å². The predicted molar refractivity (Wildman–Crippen MR) is 82.7 cm³/mol. The first-order valence-corrected chi connectivity index (χ1v) is 8.07. The SMILES string of the molecule is Cc1sc(C(O)c2cc(Br)cc(Br)c2)cc1Br. The van der Waals surface area contributed by atoms with Gasteiger partial charge in [0.05, 0.1) is 0 Å². The third-order valence-electron chi connectivity index (χ3n) is 2.35. The fourth-order valence-electron chi connectivity index (χ4n) is 1.51. The molecule has 1 unspecified atom stereocenters. The Labute approximate surface area is 129 Å². The Kier molecular flexibility index (Phi) is 4.47. The molecule has 1 N–H and O–H groups in total. The molecule has 0 aliphatic heterocycles. The van der Waals surface area contributed by atoms with Crippen molar-refractivity contribution in [2.24, 2.45) is 0 Å². The van der Waals surface area contributed by atoms with Crippen molar-refractivity contribution in [3.63, 3.8) is 0 Å². The van der Waals surface area contributed by atoms with E-state index in [1.165, 1.54) is 4.88 Å². The van der Waals surface area contributed by atoms with E-state index >= 15 is 0 Å². The third kappa shape index (κ3) is 3.20. The number of halogens is 3. The highest BCUT2D eigenvalue weighted by atomic mass is 79.9. The Morgan fingerprint density at radius 3 is 2.12 bits per heavy atom. The van der Waals surface area contributed by atoms with Gasteiger partial charge in [0.15, 0.2) is 0 Å². The maximum Gasteiger partial charge on any atom is 0.113 e. The first-order valence-electron chi connectivity index (χ1n) is 4.87. The summed E-state index contributed by atoms with van der Waals surface area (Å²) in [4.78, 5) is 2.12. The van der Waals surface area contributed by atoms with Crippen molar-refractivity contribution in [2.45, 2.75) is 13.0 Å². The van der Waals surface area contributed by atoms with Gasteiger partial charge in [0.1, 0.15) is 6.10 Å². The zero-order chi connectivity index (χ0) is 12.6. The quantitative estimate of drug-likeness (QED) is 0.660.